The summed E-state index contributed by atoms with van der Waals surface area (Å²) in [6, 6.07) is 2.05. The number of rotatable bonds is 31. The van der Waals surface area contributed by atoms with Crippen LogP contribution in [0, 0.1) is 0 Å². The molecule has 72 heavy (non-hydrogen) atoms. The van der Waals surface area contributed by atoms with Crippen molar-refractivity contribution in [3.05, 3.63) is 65.7 Å². The largest absolute Gasteiger partial charge is 0.480 e. The number of alkyl halides is 2. The van der Waals surface area contributed by atoms with Gasteiger partial charge in [-0.15, -0.1) is 0 Å². The number of nitrogens with two attached hydrogens (primary N) is 3. The fraction of sp³-hybridized carbons (Fsp3) is 0.532. The number of hydrogen-bond acceptors (Lipinski definition) is 13. The first-order chi connectivity index (χ1) is 34.0. The maximum absolute atomic E-state index is 13.7. The fourth-order valence-electron chi connectivity index (χ4n) is 6.69. The van der Waals surface area contributed by atoms with Gasteiger partial charge in [0.2, 0.25) is 53.7 Å². The van der Waals surface area contributed by atoms with Gasteiger partial charge in [0.15, 0.2) is 0 Å². The monoisotopic (exact) mass is 1020 g/mol. The standard InChI is InChI=1S/C47H70F2N12O11/c1-25(55-44(68)33(15-9-11-21-50)58-43(67)31-17-19-32(52)20-18-31)38(62)54-28(4)41(65)60-35(23-30-13-7-6-8-14-30)45(69)57-29(5)42(66)61-36(24-37(48)49)46(70)56-26(2)39(63)53-27(3)40(64)59-34(47(71)72)16-10-12-22-51/h6-8,13-14,17-20,25-29,33-37H,9-12,15-16,21-24,50-52H2,1-5H3,(H,53,63)(H,54,62)(H,55,68)(H,56,70)(H,57,69)(H,58,67)(H,59,64)(H,60,65)(H,61,66)(H,71,72)/t25-,26-,27-,28-,29-,33-,34-,35-,36-/m0/s1. The maximum atomic E-state index is 13.7. The lowest BCUT2D eigenvalue weighted by atomic mass is 10.0. The van der Waals surface area contributed by atoms with E-state index in [2.05, 4.69) is 47.9 Å². The molecule has 0 aliphatic carbocycles. The van der Waals surface area contributed by atoms with Crippen molar-refractivity contribution in [1.29, 1.82) is 0 Å². The van der Waals surface area contributed by atoms with E-state index >= 15 is 0 Å². The number of nitrogens with one attached hydrogen (secondary N) is 9. The van der Waals surface area contributed by atoms with Gasteiger partial charge in [0.25, 0.3) is 5.91 Å². The smallest absolute Gasteiger partial charge is 0.326 e. The van der Waals surface area contributed by atoms with Crippen LogP contribution in [0.4, 0.5) is 14.5 Å². The molecule has 25 heteroatoms. The van der Waals surface area contributed by atoms with Gasteiger partial charge in [0.05, 0.1) is 0 Å². The Hall–Kier alpha value is -7.28. The topological polar surface area (TPSA) is 377 Å². The molecule has 0 aromatic heterocycles. The van der Waals surface area contributed by atoms with Crippen molar-refractivity contribution in [3.8, 4) is 0 Å². The third-order valence-corrected chi connectivity index (χ3v) is 11.0. The summed E-state index contributed by atoms with van der Waals surface area (Å²) in [4.78, 5) is 130. The second kappa shape index (κ2) is 31.1. The van der Waals surface area contributed by atoms with Gasteiger partial charge in [-0.3, -0.25) is 43.2 Å². The van der Waals surface area contributed by atoms with E-state index in [-0.39, 0.29) is 24.8 Å². The van der Waals surface area contributed by atoms with Crippen LogP contribution in [-0.2, 0) is 49.6 Å². The van der Waals surface area contributed by atoms with Crippen molar-refractivity contribution in [3.63, 3.8) is 0 Å². The van der Waals surface area contributed by atoms with Gasteiger partial charge in [-0.05, 0) is 116 Å². The van der Waals surface area contributed by atoms with Crippen LogP contribution in [-0.4, -0.2) is 138 Å². The highest BCUT2D eigenvalue weighted by Crippen LogP contribution is 2.10. The number of nitrogen functional groups attached to an aromatic ring is 1. The second-order valence-corrected chi connectivity index (χ2v) is 17.2. The fourth-order valence-corrected chi connectivity index (χ4v) is 6.69. The number of carboxylic acid groups (broad SMARTS) is 1. The summed E-state index contributed by atoms with van der Waals surface area (Å²) in [6.45, 7) is 6.97. The first-order valence-electron chi connectivity index (χ1n) is 23.5. The molecule has 0 heterocycles. The van der Waals surface area contributed by atoms with Gasteiger partial charge in [-0.1, -0.05) is 30.3 Å². The van der Waals surface area contributed by atoms with Crippen molar-refractivity contribution >= 4 is 64.8 Å². The van der Waals surface area contributed by atoms with Gasteiger partial charge in [-0.2, -0.15) is 0 Å². The highest BCUT2D eigenvalue weighted by Gasteiger charge is 2.33. The van der Waals surface area contributed by atoms with Crippen molar-refractivity contribution in [2.24, 2.45) is 11.5 Å². The number of anilines is 1. The van der Waals surface area contributed by atoms with E-state index in [4.69, 9.17) is 17.2 Å². The Morgan fingerprint density at radius 1 is 0.472 bits per heavy atom. The maximum Gasteiger partial charge on any atom is 0.326 e. The predicted molar refractivity (Wildman–Crippen MR) is 260 cm³/mol. The minimum Gasteiger partial charge on any atom is -0.480 e. The summed E-state index contributed by atoms with van der Waals surface area (Å²) in [5.41, 5.74) is 18.0. The van der Waals surface area contributed by atoms with Gasteiger partial charge in [0.1, 0.15) is 54.4 Å². The van der Waals surface area contributed by atoms with Crippen LogP contribution in [0.15, 0.2) is 54.6 Å². The molecule has 23 nitrogen and oxygen atoms in total. The number of aliphatic carboxylic acids is 1. The molecule has 9 amide bonds. The Balaban J connectivity index is 2.10. The first-order valence-corrected chi connectivity index (χ1v) is 23.5. The molecule has 16 N–H and O–H groups in total. The van der Waals surface area contributed by atoms with Crippen molar-refractivity contribution in [2.45, 2.75) is 147 Å². The van der Waals surface area contributed by atoms with E-state index in [1.165, 1.54) is 58.9 Å². The Kier molecular flexibility index (Phi) is 26.3. The zero-order valence-electron chi connectivity index (χ0n) is 41.1. The van der Waals surface area contributed by atoms with Crippen LogP contribution >= 0.6 is 0 Å². The molecule has 0 bridgehead atoms. The number of hydrogen-bond donors (Lipinski definition) is 13. The lowest BCUT2D eigenvalue weighted by molar-refractivity contribution is -0.142. The second-order valence-electron chi connectivity index (χ2n) is 17.2. The normalized spacial score (nSPS) is 14.8. The molecule has 2 aromatic carbocycles. The highest BCUT2D eigenvalue weighted by molar-refractivity contribution is 6.00. The van der Waals surface area contributed by atoms with Gasteiger partial charge < -0.3 is 70.2 Å². The lowest BCUT2D eigenvalue weighted by Gasteiger charge is -2.26. The van der Waals surface area contributed by atoms with Crippen molar-refractivity contribution in [1.82, 2.24) is 47.9 Å². The van der Waals surface area contributed by atoms with E-state index in [1.54, 1.807) is 30.3 Å². The molecular formula is C47H70F2N12O11. The van der Waals surface area contributed by atoms with E-state index in [9.17, 15) is 61.8 Å². The minimum atomic E-state index is -3.13. The average Bonchev–Trinajstić information content (AvgIpc) is 3.32. The van der Waals surface area contributed by atoms with Crippen LogP contribution < -0.4 is 65.1 Å². The molecule has 0 radical (unpaired) electrons. The SMILES string of the molecule is C[C@H](NC(=O)[C@H](C)NC(=O)[C@H](CC(F)F)NC(=O)[C@H](C)NC(=O)[C@H](Cc1ccccc1)NC(=O)[C@H](C)NC(=O)[C@H](C)NC(=O)[C@H](CCCCN)NC(=O)c1ccc(N)cc1)C(=O)N[C@@H](CCCCN)C(=O)O. The first kappa shape index (κ1) is 60.8. The number of amides is 9. The summed E-state index contributed by atoms with van der Waals surface area (Å²) in [6.07, 6.45) is -2.20. The van der Waals surface area contributed by atoms with Crippen LogP contribution in [0.5, 0.6) is 0 Å². The van der Waals surface area contributed by atoms with E-state index < -0.39 is 126 Å². The van der Waals surface area contributed by atoms with Crippen LogP contribution in [0.1, 0.15) is 95.5 Å². The number of benzene rings is 2. The Morgan fingerprint density at radius 2 is 0.847 bits per heavy atom. The molecular weight excluding hydrogens is 947 g/mol. The summed E-state index contributed by atoms with van der Waals surface area (Å²) < 4.78 is 27.4. The van der Waals surface area contributed by atoms with Crippen LogP contribution in [0.25, 0.3) is 0 Å². The molecule has 0 spiro atoms. The Bertz CT molecular complexity index is 2160. The Morgan fingerprint density at radius 3 is 1.28 bits per heavy atom. The molecule has 0 aliphatic rings. The predicted octanol–water partition coefficient (Wildman–Crippen LogP) is -1.41. The van der Waals surface area contributed by atoms with E-state index in [0.29, 0.717) is 50.0 Å². The molecule has 0 aliphatic heterocycles. The van der Waals surface area contributed by atoms with Gasteiger partial charge >= 0.3 is 5.97 Å². The van der Waals surface area contributed by atoms with Gasteiger partial charge in [-0.25, -0.2) is 13.6 Å². The van der Waals surface area contributed by atoms with E-state index in [1.807, 2.05) is 0 Å². The van der Waals surface area contributed by atoms with Crippen molar-refractivity contribution < 1.29 is 61.8 Å². The zero-order chi connectivity index (χ0) is 54.1. The molecule has 0 unspecified atom stereocenters. The lowest BCUT2D eigenvalue weighted by Crippen LogP contribution is -2.59. The van der Waals surface area contributed by atoms with Crippen molar-refractivity contribution in [2.75, 3.05) is 18.8 Å². The molecule has 2 rings (SSSR count). The number of unbranched alkanes of at least 4 members (excludes halogenated alkanes) is 2. The molecule has 0 saturated carbocycles. The zero-order valence-corrected chi connectivity index (χ0v) is 41.1. The average molecular weight is 1020 g/mol. The molecule has 9 atom stereocenters. The minimum absolute atomic E-state index is 0.0811. The van der Waals surface area contributed by atoms with E-state index in [0.717, 1.165) is 0 Å². The molecule has 398 valence electrons. The summed E-state index contributed by atoms with van der Waals surface area (Å²) in [7, 11) is 0. The third-order valence-electron chi connectivity index (χ3n) is 11.0. The number of carboxylic acids is 1. The third kappa shape index (κ3) is 21.8. The van der Waals surface area contributed by atoms with Gasteiger partial charge in [0, 0.05) is 24.1 Å². The number of carbonyl (C=O) groups is 10. The summed E-state index contributed by atoms with van der Waals surface area (Å²) in [5, 5.41) is 31.0. The summed E-state index contributed by atoms with van der Waals surface area (Å²) in [5.74, 6) is -9.19. The molecule has 0 saturated heterocycles. The highest BCUT2D eigenvalue weighted by atomic mass is 19.3. The molecule has 0 fully saturated rings. The quantitative estimate of drug-likeness (QED) is 0.0305. The summed E-state index contributed by atoms with van der Waals surface area (Å²) >= 11 is 0. The van der Waals surface area contributed by atoms with Crippen LogP contribution in [0.3, 0.4) is 0 Å². The number of carbonyl (C=O) groups excluding carboxylic acids is 9. The molecule has 2 aromatic rings. The Labute approximate surface area is 416 Å². The van der Waals surface area contributed by atoms with Crippen LogP contribution in [0.2, 0.25) is 0 Å². The number of halogens is 2.